The fourth-order valence-corrected chi connectivity index (χ4v) is 2.15. The third-order valence-electron chi connectivity index (χ3n) is 3.09. The zero-order valence-corrected chi connectivity index (χ0v) is 10.1. The van der Waals surface area contributed by atoms with Gasteiger partial charge in [-0.25, -0.2) is 0 Å². The number of para-hydroxylation sites is 1. The number of anilines is 2. The molecule has 1 atom stereocenters. The van der Waals surface area contributed by atoms with Crippen LogP contribution in [0.4, 0.5) is 11.4 Å². The second-order valence-electron chi connectivity index (χ2n) is 4.49. The molecule has 1 fully saturated rings. The minimum absolute atomic E-state index is 0.280. The van der Waals surface area contributed by atoms with Gasteiger partial charge in [-0.1, -0.05) is 12.1 Å². The van der Waals surface area contributed by atoms with Crippen molar-refractivity contribution < 1.29 is 4.74 Å². The Labute approximate surface area is 97.2 Å². The average Bonchev–Trinajstić information content (AvgIpc) is 2.47. The quantitative estimate of drug-likeness (QED) is 0.737. The van der Waals surface area contributed by atoms with Gasteiger partial charge in [0.1, 0.15) is 0 Å². The van der Waals surface area contributed by atoms with Crippen molar-refractivity contribution in [2.24, 2.45) is 0 Å². The SMILES string of the molecule is Cc1cccc(N2CCCOC(C)C2)c1N. The number of nitrogen functional groups attached to an aromatic ring is 1. The maximum absolute atomic E-state index is 6.13. The third-order valence-corrected chi connectivity index (χ3v) is 3.09. The van der Waals surface area contributed by atoms with Crippen LogP contribution >= 0.6 is 0 Å². The summed E-state index contributed by atoms with van der Waals surface area (Å²) in [7, 11) is 0. The standard InChI is InChI=1S/C13H20N2O/c1-10-5-3-6-12(13(10)14)15-7-4-8-16-11(2)9-15/h3,5-6,11H,4,7-9,14H2,1-2H3. The third kappa shape index (κ3) is 2.30. The van der Waals surface area contributed by atoms with Crippen LogP contribution in [0.3, 0.4) is 0 Å². The van der Waals surface area contributed by atoms with E-state index < -0.39 is 0 Å². The van der Waals surface area contributed by atoms with Crippen LogP contribution in [0.1, 0.15) is 18.9 Å². The highest BCUT2D eigenvalue weighted by molar-refractivity contribution is 5.70. The van der Waals surface area contributed by atoms with E-state index in [0.717, 1.165) is 43.1 Å². The van der Waals surface area contributed by atoms with E-state index in [1.54, 1.807) is 0 Å². The Kier molecular flexibility index (Phi) is 3.34. The molecule has 1 aromatic rings. The summed E-state index contributed by atoms with van der Waals surface area (Å²) in [6.45, 7) is 6.97. The molecule has 0 saturated carbocycles. The van der Waals surface area contributed by atoms with E-state index >= 15 is 0 Å². The molecule has 0 bridgehead atoms. The summed E-state index contributed by atoms with van der Waals surface area (Å²) in [5.41, 5.74) is 9.33. The van der Waals surface area contributed by atoms with Crippen molar-refractivity contribution in [3.05, 3.63) is 23.8 Å². The Bertz CT molecular complexity index is 365. The zero-order valence-electron chi connectivity index (χ0n) is 10.1. The first-order valence-electron chi connectivity index (χ1n) is 5.90. The molecule has 1 saturated heterocycles. The van der Waals surface area contributed by atoms with E-state index in [0.29, 0.717) is 0 Å². The second-order valence-corrected chi connectivity index (χ2v) is 4.49. The first-order valence-corrected chi connectivity index (χ1v) is 5.90. The molecule has 1 aliphatic rings. The predicted octanol–water partition coefficient (Wildman–Crippen LogP) is 2.19. The zero-order chi connectivity index (χ0) is 11.5. The smallest absolute Gasteiger partial charge is 0.0721 e. The van der Waals surface area contributed by atoms with Gasteiger partial charge in [-0.3, -0.25) is 0 Å². The van der Waals surface area contributed by atoms with E-state index in [9.17, 15) is 0 Å². The molecule has 1 heterocycles. The Balaban J connectivity index is 2.24. The molecular formula is C13H20N2O. The topological polar surface area (TPSA) is 38.5 Å². The predicted molar refractivity (Wildman–Crippen MR) is 67.8 cm³/mol. The molecule has 2 rings (SSSR count). The van der Waals surface area contributed by atoms with Gasteiger partial charge in [0.05, 0.1) is 17.5 Å². The Morgan fingerprint density at radius 3 is 3.06 bits per heavy atom. The van der Waals surface area contributed by atoms with Gasteiger partial charge in [-0.05, 0) is 31.9 Å². The fourth-order valence-electron chi connectivity index (χ4n) is 2.15. The molecule has 0 spiro atoms. The Morgan fingerprint density at radius 2 is 2.25 bits per heavy atom. The first kappa shape index (κ1) is 11.3. The molecule has 0 aromatic heterocycles. The molecule has 2 N–H and O–H groups in total. The molecular weight excluding hydrogens is 200 g/mol. The van der Waals surface area contributed by atoms with Gasteiger partial charge >= 0.3 is 0 Å². The van der Waals surface area contributed by atoms with Crippen molar-refractivity contribution in [2.45, 2.75) is 26.4 Å². The molecule has 16 heavy (non-hydrogen) atoms. The molecule has 0 radical (unpaired) electrons. The molecule has 1 unspecified atom stereocenters. The van der Waals surface area contributed by atoms with E-state index in [1.165, 1.54) is 0 Å². The van der Waals surface area contributed by atoms with E-state index in [2.05, 4.69) is 36.9 Å². The van der Waals surface area contributed by atoms with Crippen molar-refractivity contribution in [3.63, 3.8) is 0 Å². The number of benzene rings is 1. The number of rotatable bonds is 1. The van der Waals surface area contributed by atoms with Crippen LogP contribution in [0.15, 0.2) is 18.2 Å². The van der Waals surface area contributed by atoms with Crippen molar-refractivity contribution in [2.75, 3.05) is 30.3 Å². The van der Waals surface area contributed by atoms with E-state index in [4.69, 9.17) is 10.5 Å². The molecule has 1 aromatic carbocycles. The number of aryl methyl sites for hydroxylation is 1. The maximum Gasteiger partial charge on any atom is 0.0721 e. The second kappa shape index (κ2) is 4.74. The fraction of sp³-hybridized carbons (Fsp3) is 0.538. The normalized spacial score (nSPS) is 21.9. The summed E-state index contributed by atoms with van der Waals surface area (Å²) in [4.78, 5) is 2.33. The van der Waals surface area contributed by atoms with Crippen LogP contribution in [-0.4, -0.2) is 25.8 Å². The monoisotopic (exact) mass is 220 g/mol. The minimum Gasteiger partial charge on any atom is -0.397 e. The highest BCUT2D eigenvalue weighted by atomic mass is 16.5. The largest absolute Gasteiger partial charge is 0.397 e. The molecule has 0 amide bonds. The van der Waals surface area contributed by atoms with Crippen molar-refractivity contribution in [1.82, 2.24) is 0 Å². The molecule has 3 nitrogen and oxygen atoms in total. The Morgan fingerprint density at radius 1 is 1.44 bits per heavy atom. The van der Waals surface area contributed by atoms with Crippen LogP contribution < -0.4 is 10.6 Å². The number of ether oxygens (including phenoxy) is 1. The summed E-state index contributed by atoms with van der Waals surface area (Å²) in [6.07, 6.45) is 1.35. The molecule has 88 valence electrons. The average molecular weight is 220 g/mol. The van der Waals surface area contributed by atoms with Crippen LogP contribution in [-0.2, 0) is 4.74 Å². The number of nitrogens with zero attached hydrogens (tertiary/aromatic N) is 1. The highest BCUT2D eigenvalue weighted by Gasteiger charge is 2.17. The van der Waals surface area contributed by atoms with Gasteiger partial charge in [0.25, 0.3) is 0 Å². The minimum atomic E-state index is 0.280. The maximum atomic E-state index is 6.13. The number of hydrogen-bond donors (Lipinski definition) is 1. The van der Waals surface area contributed by atoms with Gasteiger partial charge in [0.15, 0.2) is 0 Å². The summed E-state index contributed by atoms with van der Waals surface area (Å²) in [5, 5.41) is 0. The van der Waals surface area contributed by atoms with E-state index in [1.807, 2.05) is 0 Å². The lowest BCUT2D eigenvalue weighted by molar-refractivity contribution is 0.0821. The number of nitrogens with two attached hydrogens (primary N) is 1. The van der Waals surface area contributed by atoms with Crippen LogP contribution in [0.25, 0.3) is 0 Å². The van der Waals surface area contributed by atoms with E-state index in [-0.39, 0.29) is 6.10 Å². The Hall–Kier alpha value is -1.22. The van der Waals surface area contributed by atoms with Crippen LogP contribution in [0, 0.1) is 6.92 Å². The number of hydrogen-bond acceptors (Lipinski definition) is 3. The lowest BCUT2D eigenvalue weighted by Gasteiger charge is -2.26. The van der Waals surface area contributed by atoms with Crippen molar-refractivity contribution >= 4 is 11.4 Å². The summed E-state index contributed by atoms with van der Waals surface area (Å²) in [5.74, 6) is 0. The van der Waals surface area contributed by atoms with Gasteiger partial charge in [0, 0.05) is 19.7 Å². The molecule has 1 aliphatic heterocycles. The highest BCUT2D eigenvalue weighted by Crippen LogP contribution is 2.27. The van der Waals surface area contributed by atoms with Gasteiger partial charge in [-0.15, -0.1) is 0 Å². The first-order chi connectivity index (χ1) is 7.68. The van der Waals surface area contributed by atoms with Crippen molar-refractivity contribution in [1.29, 1.82) is 0 Å². The lowest BCUT2D eigenvalue weighted by atomic mass is 10.1. The van der Waals surface area contributed by atoms with Gasteiger partial charge < -0.3 is 15.4 Å². The van der Waals surface area contributed by atoms with Crippen LogP contribution in [0.2, 0.25) is 0 Å². The molecule has 3 heteroatoms. The van der Waals surface area contributed by atoms with Gasteiger partial charge in [-0.2, -0.15) is 0 Å². The van der Waals surface area contributed by atoms with Crippen LogP contribution in [0.5, 0.6) is 0 Å². The van der Waals surface area contributed by atoms with Gasteiger partial charge in [0.2, 0.25) is 0 Å². The summed E-state index contributed by atoms with van der Waals surface area (Å²) < 4.78 is 5.64. The lowest BCUT2D eigenvalue weighted by Crippen LogP contribution is -2.30. The van der Waals surface area contributed by atoms with Crippen molar-refractivity contribution in [3.8, 4) is 0 Å². The molecule has 0 aliphatic carbocycles. The summed E-state index contributed by atoms with van der Waals surface area (Å²) in [6, 6.07) is 6.22. The summed E-state index contributed by atoms with van der Waals surface area (Å²) >= 11 is 0.